The van der Waals surface area contributed by atoms with E-state index in [9.17, 15) is 0 Å². The molecule has 3 nitrogen and oxygen atoms in total. The van der Waals surface area contributed by atoms with Crippen LogP contribution in [0.15, 0.2) is 0 Å². The van der Waals surface area contributed by atoms with Crippen molar-refractivity contribution in [3.63, 3.8) is 0 Å². The number of ether oxygens (including phenoxy) is 1. The number of rotatable bonds is 0. The van der Waals surface area contributed by atoms with Gasteiger partial charge < -0.3 is 16.6 Å². The van der Waals surface area contributed by atoms with Gasteiger partial charge in [-0.05, 0) is 12.8 Å². The maximum atomic E-state index is 5.31. The minimum atomic E-state index is 0. The van der Waals surface area contributed by atoms with Crippen molar-refractivity contribution in [2.45, 2.75) is 19.1 Å². The first kappa shape index (κ1) is 6.88. The van der Waals surface area contributed by atoms with Crippen molar-refractivity contribution in [2.24, 2.45) is 5.73 Å². The Kier molecular flexibility index (Phi) is 2.91. The van der Waals surface area contributed by atoms with Crippen LogP contribution in [0.3, 0.4) is 0 Å². The summed E-state index contributed by atoms with van der Waals surface area (Å²) in [7, 11) is 0. The Balaban J connectivity index is 0.000000360. The smallest absolute Gasteiger partial charge is 0.105 e. The van der Waals surface area contributed by atoms with Gasteiger partial charge in [-0.2, -0.15) is 0 Å². The molecule has 44 valence electrons. The highest BCUT2D eigenvalue weighted by atomic mass is 16.5. The van der Waals surface area contributed by atoms with Crippen LogP contribution in [0.2, 0.25) is 0 Å². The van der Waals surface area contributed by atoms with Crippen LogP contribution >= 0.6 is 0 Å². The largest absolute Gasteiger partial charge is 0.364 e. The predicted molar refractivity (Wildman–Crippen MR) is 28.2 cm³/mol. The van der Waals surface area contributed by atoms with E-state index in [1.54, 1.807) is 0 Å². The summed E-state index contributed by atoms with van der Waals surface area (Å²) in [6, 6.07) is 0. The number of hydrogen-bond acceptors (Lipinski definition) is 3. The Labute approximate surface area is 43.4 Å². The molecule has 1 saturated heterocycles. The Morgan fingerprint density at radius 2 is 2.29 bits per heavy atom. The molecule has 1 rings (SSSR count). The molecule has 3 heteroatoms. The van der Waals surface area contributed by atoms with Gasteiger partial charge in [-0.15, -0.1) is 0 Å². The molecule has 1 atom stereocenters. The molecular weight excluding hydrogens is 92.1 g/mol. The van der Waals surface area contributed by atoms with E-state index in [1.807, 2.05) is 0 Å². The summed E-state index contributed by atoms with van der Waals surface area (Å²) in [5.74, 6) is 0. The molecule has 0 radical (unpaired) electrons. The second kappa shape index (κ2) is 2.96. The predicted octanol–water partition coefficient (Wildman–Crippen LogP) is 0.244. The van der Waals surface area contributed by atoms with Gasteiger partial charge in [-0.1, -0.05) is 0 Å². The van der Waals surface area contributed by atoms with Crippen LogP contribution in [-0.2, 0) is 4.74 Å². The summed E-state index contributed by atoms with van der Waals surface area (Å²) >= 11 is 0. The molecule has 1 heterocycles. The van der Waals surface area contributed by atoms with Crippen molar-refractivity contribution in [3.8, 4) is 0 Å². The highest BCUT2D eigenvalue weighted by Gasteiger charge is 2.07. The molecular formula is C4H12N2O. The second-order valence-electron chi connectivity index (χ2n) is 1.55. The standard InChI is InChI=1S/C4H9NO.H3N/c5-4-2-1-3-6-4;/h4H,1-3,5H2;1H3. The highest BCUT2D eigenvalue weighted by molar-refractivity contribution is 4.54. The van der Waals surface area contributed by atoms with Crippen LogP contribution in [0.1, 0.15) is 12.8 Å². The van der Waals surface area contributed by atoms with Crippen LogP contribution in [0.4, 0.5) is 0 Å². The summed E-state index contributed by atoms with van der Waals surface area (Å²) in [5.41, 5.74) is 5.31. The lowest BCUT2D eigenvalue weighted by atomic mass is 10.3. The fourth-order valence-corrected chi connectivity index (χ4v) is 0.603. The van der Waals surface area contributed by atoms with Crippen LogP contribution in [0, 0.1) is 0 Å². The van der Waals surface area contributed by atoms with Crippen LogP contribution < -0.4 is 11.9 Å². The van der Waals surface area contributed by atoms with Crippen molar-refractivity contribution in [2.75, 3.05) is 6.61 Å². The maximum absolute atomic E-state index is 5.31. The average Bonchev–Trinajstić information content (AvgIpc) is 1.86. The first-order chi connectivity index (χ1) is 2.89. The third-order valence-corrected chi connectivity index (χ3v) is 0.965. The van der Waals surface area contributed by atoms with Gasteiger partial charge in [0.05, 0.1) is 0 Å². The molecule has 5 N–H and O–H groups in total. The highest BCUT2D eigenvalue weighted by Crippen LogP contribution is 2.04. The van der Waals surface area contributed by atoms with Gasteiger partial charge in [-0.3, -0.25) is 0 Å². The molecule has 1 aliphatic heterocycles. The van der Waals surface area contributed by atoms with Gasteiger partial charge >= 0.3 is 0 Å². The topological polar surface area (TPSA) is 70.2 Å². The first-order valence-electron chi connectivity index (χ1n) is 2.27. The van der Waals surface area contributed by atoms with Crippen LogP contribution in [0.25, 0.3) is 0 Å². The van der Waals surface area contributed by atoms with Crippen molar-refractivity contribution in [1.29, 1.82) is 0 Å². The van der Waals surface area contributed by atoms with E-state index in [0.717, 1.165) is 19.4 Å². The lowest BCUT2D eigenvalue weighted by Crippen LogP contribution is -2.16. The average molecular weight is 104 g/mol. The molecule has 1 aliphatic rings. The van der Waals surface area contributed by atoms with Crippen molar-refractivity contribution in [1.82, 2.24) is 6.15 Å². The lowest BCUT2D eigenvalue weighted by Gasteiger charge is -1.95. The molecule has 0 bridgehead atoms. The van der Waals surface area contributed by atoms with Crippen LogP contribution in [-0.4, -0.2) is 12.8 Å². The summed E-state index contributed by atoms with van der Waals surface area (Å²) in [6.07, 6.45) is 2.23. The monoisotopic (exact) mass is 104 g/mol. The molecule has 7 heavy (non-hydrogen) atoms. The maximum Gasteiger partial charge on any atom is 0.105 e. The fourth-order valence-electron chi connectivity index (χ4n) is 0.603. The Bertz CT molecular complexity index is 43.0. The van der Waals surface area contributed by atoms with E-state index in [-0.39, 0.29) is 12.4 Å². The van der Waals surface area contributed by atoms with E-state index in [1.165, 1.54) is 0 Å². The molecule has 1 fully saturated rings. The first-order valence-corrected chi connectivity index (χ1v) is 2.27. The third kappa shape index (κ3) is 1.87. The third-order valence-electron chi connectivity index (χ3n) is 0.965. The van der Waals surface area contributed by atoms with Gasteiger partial charge in [0, 0.05) is 6.61 Å². The Morgan fingerprint density at radius 1 is 1.57 bits per heavy atom. The van der Waals surface area contributed by atoms with Crippen molar-refractivity contribution in [3.05, 3.63) is 0 Å². The molecule has 0 aliphatic carbocycles. The Morgan fingerprint density at radius 3 is 2.43 bits per heavy atom. The molecule has 1 unspecified atom stereocenters. The zero-order chi connectivity index (χ0) is 4.41. The quantitative estimate of drug-likeness (QED) is 0.462. The normalized spacial score (nSPS) is 29.6. The van der Waals surface area contributed by atoms with E-state index >= 15 is 0 Å². The van der Waals surface area contributed by atoms with Gasteiger partial charge in [-0.25, -0.2) is 0 Å². The van der Waals surface area contributed by atoms with Gasteiger partial charge in [0.15, 0.2) is 0 Å². The summed E-state index contributed by atoms with van der Waals surface area (Å²) < 4.78 is 4.93. The van der Waals surface area contributed by atoms with Gasteiger partial charge in [0.1, 0.15) is 6.23 Å². The van der Waals surface area contributed by atoms with Crippen molar-refractivity contribution < 1.29 is 4.74 Å². The zero-order valence-corrected chi connectivity index (χ0v) is 4.39. The number of nitrogens with two attached hydrogens (primary N) is 1. The van der Waals surface area contributed by atoms with Gasteiger partial charge in [0.2, 0.25) is 0 Å². The van der Waals surface area contributed by atoms with E-state index < -0.39 is 0 Å². The Hall–Kier alpha value is -0.120. The number of hydrogen-bond donors (Lipinski definition) is 2. The summed E-state index contributed by atoms with van der Waals surface area (Å²) in [6.45, 7) is 0.862. The lowest BCUT2D eigenvalue weighted by molar-refractivity contribution is 0.116. The minimum absolute atomic E-state index is 0. The zero-order valence-electron chi connectivity index (χ0n) is 4.39. The van der Waals surface area contributed by atoms with Crippen LogP contribution in [0.5, 0.6) is 0 Å². The van der Waals surface area contributed by atoms with E-state index in [4.69, 9.17) is 10.5 Å². The molecule has 0 spiro atoms. The molecule has 0 aromatic rings. The van der Waals surface area contributed by atoms with Crippen molar-refractivity contribution >= 4 is 0 Å². The van der Waals surface area contributed by atoms with E-state index in [2.05, 4.69) is 0 Å². The molecule has 0 amide bonds. The summed E-state index contributed by atoms with van der Waals surface area (Å²) in [4.78, 5) is 0. The van der Waals surface area contributed by atoms with E-state index in [0.29, 0.717) is 0 Å². The molecule has 0 aromatic heterocycles. The molecule has 0 aromatic carbocycles. The fraction of sp³-hybridized carbons (Fsp3) is 1.00. The minimum Gasteiger partial charge on any atom is -0.364 e. The summed E-state index contributed by atoms with van der Waals surface area (Å²) in [5, 5.41) is 0. The van der Waals surface area contributed by atoms with Gasteiger partial charge in [0.25, 0.3) is 0 Å². The molecule has 0 saturated carbocycles. The second-order valence-corrected chi connectivity index (χ2v) is 1.55. The SMILES string of the molecule is N.NC1CCCO1.